The highest BCUT2D eigenvalue weighted by molar-refractivity contribution is 9.10. The van der Waals surface area contributed by atoms with Crippen LogP contribution in [0.4, 0.5) is 15.8 Å². The number of ether oxygens (including phenoxy) is 2. The number of hydrogen-bond acceptors (Lipinski definition) is 4. The Hall–Kier alpha value is -2.77. The lowest BCUT2D eigenvalue weighted by Crippen LogP contribution is -2.13. The van der Waals surface area contributed by atoms with E-state index < -0.39 is 5.82 Å². The Labute approximate surface area is 219 Å². The minimum absolute atomic E-state index is 0.00491. The van der Waals surface area contributed by atoms with Crippen LogP contribution < -0.4 is 20.1 Å². The second-order valence-corrected chi connectivity index (χ2v) is 9.67. The summed E-state index contributed by atoms with van der Waals surface area (Å²) in [6, 6.07) is 15.9. The molecule has 186 valence electrons. The van der Waals surface area contributed by atoms with Crippen LogP contribution in [-0.4, -0.2) is 12.5 Å². The predicted octanol–water partition coefficient (Wildman–Crippen LogP) is 7.82. The number of carbonyl (C=O) groups is 1. The summed E-state index contributed by atoms with van der Waals surface area (Å²) in [6.45, 7) is 6.83. The number of benzene rings is 3. The Kier molecular flexibility index (Phi) is 9.81. The van der Waals surface area contributed by atoms with Crippen molar-refractivity contribution < 1.29 is 18.7 Å². The fourth-order valence-electron chi connectivity index (χ4n) is 3.43. The average Bonchev–Trinajstić information content (AvgIpc) is 2.78. The van der Waals surface area contributed by atoms with Gasteiger partial charge in [0, 0.05) is 29.9 Å². The molecule has 5 nitrogen and oxygen atoms in total. The molecule has 3 aromatic carbocycles. The van der Waals surface area contributed by atoms with Crippen LogP contribution in [-0.2, 0) is 17.9 Å². The van der Waals surface area contributed by atoms with Gasteiger partial charge in [0.1, 0.15) is 12.4 Å². The number of halogens is 3. The van der Waals surface area contributed by atoms with Crippen LogP contribution in [0.3, 0.4) is 0 Å². The molecule has 0 aliphatic heterocycles. The first-order chi connectivity index (χ1) is 16.8. The largest absolute Gasteiger partial charge is 0.490 e. The van der Waals surface area contributed by atoms with Crippen LogP contribution in [0.2, 0.25) is 5.02 Å². The number of amides is 1. The maximum absolute atomic E-state index is 14.1. The molecule has 0 bridgehead atoms. The fraction of sp³-hybridized carbons (Fsp3) is 0.296. The lowest BCUT2D eigenvalue weighted by molar-refractivity contribution is -0.116. The maximum atomic E-state index is 14.1. The lowest BCUT2D eigenvalue weighted by Gasteiger charge is -2.17. The zero-order chi connectivity index (χ0) is 25.4. The van der Waals surface area contributed by atoms with Crippen molar-refractivity contribution in [2.75, 3.05) is 17.2 Å². The van der Waals surface area contributed by atoms with E-state index in [-0.39, 0.29) is 18.1 Å². The van der Waals surface area contributed by atoms with Crippen molar-refractivity contribution in [1.82, 2.24) is 0 Å². The number of rotatable bonds is 11. The third-order valence-electron chi connectivity index (χ3n) is 5.03. The minimum atomic E-state index is -0.421. The first-order valence-electron chi connectivity index (χ1n) is 11.4. The molecule has 0 radical (unpaired) electrons. The summed E-state index contributed by atoms with van der Waals surface area (Å²) in [5.74, 6) is 0.889. The summed E-state index contributed by atoms with van der Waals surface area (Å²) < 4.78 is 26.5. The van der Waals surface area contributed by atoms with Gasteiger partial charge in [-0.3, -0.25) is 4.79 Å². The van der Waals surface area contributed by atoms with Crippen LogP contribution in [0.15, 0.2) is 59.1 Å². The maximum Gasteiger partial charge on any atom is 0.224 e. The third-order valence-corrected chi connectivity index (χ3v) is 5.97. The van der Waals surface area contributed by atoms with Crippen LogP contribution >= 0.6 is 27.5 Å². The van der Waals surface area contributed by atoms with Gasteiger partial charge >= 0.3 is 0 Å². The standard InChI is InChI=1S/C27H29BrClFN2O3/c1-4-34-25-13-18(12-22(28)27(25)35-16-21-23(29)9-6-10-24(21)30)15-31-19-7-5-8-20(14-19)32-26(33)11-17(2)3/h5-10,12-14,17,31H,4,11,15-16H2,1-3H3,(H,32,33). The van der Waals surface area contributed by atoms with E-state index in [1.165, 1.54) is 6.07 Å². The van der Waals surface area contributed by atoms with E-state index in [0.29, 0.717) is 46.5 Å². The van der Waals surface area contributed by atoms with E-state index in [1.807, 2.05) is 57.2 Å². The summed E-state index contributed by atoms with van der Waals surface area (Å²) in [6.07, 6.45) is 0.476. The van der Waals surface area contributed by atoms with Gasteiger partial charge in [-0.15, -0.1) is 0 Å². The topological polar surface area (TPSA) is 59.6 Å². The van der Waals surface area contributed by atoms with Crippen molar-refractivity contribution in [1.29, 1.82) is 0 Å². The zero-order valence-electron chi connectivity index (χ0n) is 20.0. The molecule has 8 heteroatoms. The number of carbonyl (C=O) groups excluding carboxylic acids is 1. The molecule has 0 atom stereocenters. The summed E-state index contributed by atoms with van der Waals surface area (Å²) in [4.78, 5) is 12.1. The van der Waals surface area contributed by atoms with E-state index in [4.69, 9.17) is 21.1 Å². The van der Waals surface area contributed by atoms with Crippen LogP contribution in [0.5, 0.6) is 11.5 Å². The van der Waals surface area contributed by atoms with Crippen LogP contribution in [0.1, 0.15) is 38.3 Å². The first kappa shape index (κ1) is 26.8. The molecule has 2 N–H and O–H groups in total. The second kappa shape index (κ2) is 12.8. The number of nitrogens with one attached hydrogen (secondary N) is 2. The van der Waals surface area contributed by atoms with Crippen molar-refractivity contribution in [3.05, 3.63) is 81.0 Å². The molecule has 0 aliphatic carbocycles. The number of hydrogen-bond donors (Lipinski definition) is 2. The van der Waals surface area contributed by atoms with Gasteiger partial charge in [-0.05, 0) is 76.8 Å². The monoisotopic (exact) mass is 562 g/mol. The molecule has 3 aromatic rings. The SMILES string of the molecule is CCOc1cc(CNc2cccc(NC(=O)CC(C)C)c2)cc(Br)c1OCc1c(F)cccc1Cl. The quantitative estimate of drug-likeness (QED) is 0.250. The molecule has 0 fully saturated rings. The lowest BCUT2D eigenvalue weighted by atomic mass is 10.1. The van der Waals surface area contributed by atoms with Gasteiger partial charge in [0.25, 0.3) is 0 Å². The molecule has 0 aromatic heterocycles. The van der Waals surface area contributed by atoms with Crippen molar-refractivity contribution in [2.45, 2.75) is 40.3 Å². The molecule has 0 unspecified atom stereocenters. The molecule has 0 spiro atoms. The van der Waals surface area contributed by atoms with E-state index in [2.05, 4.69) is 26.6 Å². The third kappa shape index (κ3) is 7.87. The van der Waals surface area contributed by atoms with Crippen LogP contribution in [0.25, 0.3) is 0 Å². The van der Waals surface area contributed by atoms with E-state index >= 15 is 0 Å². The van der Waals surface area contributed by atoms with Gasteiger partial charge in [0.15, 0.2) is 11.5 Å². The van der Waals surface area contributed by atoms with Gasteiger partial charge in [-0.2, -0.15) is 0 Å². The predicted molar refractivity (Wildman–Crippen MR) is 143 cm³/mol. The fourth-order valence-corrected chi connectivity index (χ4v) is 4.26. The smallest absolute Gasteiger partial charge is 0.224 e. The van der Waals surface area contributed by atoms with Gasteiger partial charge < -0.3 is 20.1 Å². The Morgan fingerprint density at radius 2 is 1.83 bits per heavy atom. The summed E-state index contributed by atoms with van der Waals surface area (Å²) in [7, 11) is 0. The van der Waals surface area contributed by atoms with Gasteiger partial charge in [0.05, 0.1) is 16.1 Å². The second-order valence-electron chi connectivity index (χ2n) is 8.41. The Morgan fingerprint density at radius 3 is 2.54 bits per heavy atom. The summed E-state index contributed by atoms with van der Waals surface area (Å²) >= 11 is 9.68. The van der Waals surface area contributed by atoms with Crippen molar-refractivity contribution in [2.24, 2.45) is 5.92 Å². The highest BCUT2D eigenvalue weighted by Crippen LogP contribution is 2.38. The molecule has 3 rings (SSSR count). The van der Waals surface area contributed by atoms with Crippen LogP contribution in [0, 0.1) is 11.7 Å². The van der Waals surface area contributed by atoms with E-state index in [0.717, 1.165) is 16.9 Å². The normalized spacial score (nSPS) is 10.8. The van der Waals surface area contributed by atoms with Crippen molar-refractivity contribution >= 4 is 44.8 Å². The van der Waals surface area contributed by atoms with Gasteiger partial charge in [-0.1, -0.05) is 37.6 Å². The molecule has 0 saturated carbocycles. The van der Waals surface area contributed by atoms with Gasteiger partial charge in [-0.25, -0.2) is 4.39 Å². The Balaban J connectivity index is 1.71. The Morgan fingerprint density at radius 1 is 1.09 bits per heavy atom. The molecule has 0 saturated heterocycles. The Bertz CT molecular complexity index is 1150. The molecule has 35 heavy (non-hydrogen) atoms. The van der Waals surface area contributed by atoms with Crippen molar-refractivity contribution in [3.63, 3.8) is 0 Å². The first-order valence-corrected chi connectivity index (χ1v) is 12.6. The zero-order valence-corrected chi connectivity index (χ0v) is 22.3. The summed E-state index contributed by atoms with van der Waals surface area (Å²) in [5.41, 5.74) is 2.85. The van der Waals surface area contributed by atoms with Gasteiger partial charge in [0.2, 0.25) is 5.91 Å². The minimum Gasteiger partial charge on any atom is -0.490 e. The average molecular weight is 564 g/mol. The number of anilines is 2. The molecule has 0 aliphatic rings. The van der Waals surface area contributed by atoms with E-state index in [1.54, 1.807) is 12.1 Å². The van der Waals surface area contributed by atoms with E-state index in [9.17, 15) is 9.18 Å². The molecular weight excluding hydrogens is 535 g/mol. The highest BCUT2D eigenvalue weighted by Gasteiger charge is 2.15. The molecule has 1 amide bonds. The highest BCUT2D eigenvalue weighted by atomic mass is 79.9. The molecule has 0 heterocycles. The molecular formula is C27H29BrClFN2O3. The van der Waals surface area contributed by atoms with Crippen molar-refractivity contribution in [3.8, 4) is 11.5 Å². The summed E-state index contributed by atoms with van der Waals surface area (Å²) in [5, 5.41) is 6.61.